The minimum absolute atomic E-state index is 0.0309. The normalized spacial score (nSPS) is 13.6. The molecule has 0 spiro atoms. The van der Waals surface area contributed by atoms with Gasteiger partial charge < -0.3 is 10.2 Å². The fourth-order valence-corrected chi connectivity index (χ4v) is 3.46. The first kappa shape index (κ1) is 22.0. The first-order valence-corrected chi connectivity index (χ1v) is 9.33. The molecule has 0 fully saturated rings. The zero-order valence-electron chi connectivity index (χ0n) is 18.0. The SMILES string of the molecule is Cc1c(CN(CCO)C(C)(C)C)cc(C(C)(C)C)c(O)c1C(C)(C)C. The standard InChI is InChI=1S/C22H39NO2/c1-15-16(14-23(11-12-24)22(8,9)10)13-17(20(2,3)4)19(25)18(15)21(5,6)7/h13,24-25H,11-12,14H2,1-10H3. The summed E-state index contributed by atoms with van der Waals surface area (Å²) in [6.07, 6.45) is 0. The molecule has 0 bridgehead atoms. The molecule has 3 nitrogen and oxygen atoms in total. The second kappa shape index (κ2) is 7.28. The van der Waals surface area contributed by atoms with Crippen LogP contribution in [0.3, 0.4) is 0 Å². The molecule has 2 N–H and O–H groups in total. The number of β-amino-alcohol motifs (C(OH)–C–C–N with tert-alkyl or cyclic N) is 1. The molecule has 0 aliphatic carbocycles. The number of benzene rings is 1. The van der Waals surface area contributed by atoms with Crippen molar-refractivity contribution in [2.75, 3.05) is 13.2 Å². The first-order chi connectivity index (χ1) is 11.1. The average molecular weight is 350 g/mol. The number of aliphatic hydroxyl groups is 1. The van der Waals surface area contributed by atoms with Gasteiger partial charge >= 0.3 is 0 Å². The lowest BCUT2D eigenvalue weighted by Crippen LogP contribution is -2.42. The largest absolute Gasteiger partial charge is 0.507 e. The molecule has 0 saturated carbocycles. The van der Waals surface area contributed by atoms with E-state index < -0.39 is 0 Å². The maximum atomic E-state index is 11.0. The van der Waals surface area contributed by atoms with Crippen LogP contribution >= 0.6 is 0 Å². The Morgan fingerprint density at radius 2 is 1.44 bits per heavy atom. The lowest BCUT2D eigenvalue weighted by molar-refractivity contribution is 0.0981. The summed E-state index contributed by atoms with van der Waals surface area (Å²) >= 11 is 0. The zero-order valence-corrected chi connectivity index (χ0v) is 18.0. The van der Waals surface area contributed by atoms with Crippen molar-refractivity contribution in [1.82, 2.24) is 4.90 Å². The molecule has 1 aromatic carbocycles. The molecular weight excluding hydrogens is 310 g/mol. The van der Waals surface area contributed by atoms with Crippen LogP contribution in [0.25, 0.3) is 0 Å². The van der Waals surface area contributed by atoms with Crippen molar-refractivity contribution in [2.45, 2.75) is 92.2 Å². The van der Waals surface area contributed by atoms with Gasteiger partial charge in [0.15, 0.2) is 0 Å². The summed E-state index contributed by atoms with van der Waals surface area (Å²) in [6.45, 7) is 23.1. The molecule has 0 aromatic heterocycles. The van der Waals surface area contributed by atoms with Gasteiger partial charge in [0, 0.05) is 24.2 Å². The summed E-state index contributed by atoms with van der Waals surface area (Å²) < 4.78 is 0. The van der Waals surface area contributed by atoms with E-state index in [2.05, 4.69) is 80.2 Å². The maximum absolute atomic E-state index is 11.0. The van der Waals surface area contributed by atoms with Crippen LogP contribution in [0, 0.1) is 6.92 Å². The van der Waals surface area contributed by atoms with Crippen LogP contribution in [-0.2, 0) is 17.4 Å². The number of phenolic OH excluding ortho intramolecular Hbond substituents is 1. The molecule has 1 aromatic rings. The van der Waals surface area contributed by atoms with Crippen LogP contribution in [0.2, 0.25) is 0 Å². The lowest BCUT2D eigenvalue weighted by atomic mass is 9.76. The Balaban J connectivity index is 3.60. The number of aromatic hydroxyl groups is 1. The second-order valence-corrected chi connectivity index (χ2v) is 10.2. The smallest absolute Gasteiger partial charge is 0.123 e. The predicted octanol–water partition coefficient (Wildman–Crippen LogP) is 4.89. The fraction of sp³-hybridized carbons (Fsp3) is 0.727. The molecule has 0 aliphatic heterocycles. The quantitative estimate of drug-likeness (QED) is 0.813. The van der Waals surface area contributed by atoms with E-state index in [1.807, 2.05) is 0 Å². The van der Waals surface area contributed by atoms with Crippen molar-refractivity contribution in [3.63, 3.8) is 0 Å². The van der Waals surface area contributed by atoms with Crippen LogP contribution in [0.1, 0.15) is 84.6 Å². The van der Waals surface area contributed by atoms with Gasteiger partial charge in [0.2, 0.25) is 0 Å². The summed E-state index contributed by atoms with van der Waals surface area (Å²) in [7, 11) is 0. The monoisotopic (exact) mass is 349 g/mol. The van der Waals surface area contributed by atoms with Gasteiger partial charge in [0.1, 0.15) is 5.75 Å². The Morgan fingerprint density at radius 3 is 1.80 bits per heavy atom. The minimum Gasteiger partial charge on any atom is -0.507 e. The van der Waals surface area contributed by atoms with E-state index in [9.17, 15) is 10.2 Å². The van der Waals surface area contributed by atoms with Crippen molar-refractivity contribution in [3.8, 4) is 5.75 Å². The number of hydrogen-bond acceptors (Lipinski definition) is 3. The predicted molar refractivity (Wildman–Crippen MR) is 107 cm³/mol. The molecule has 0 saturated heterocycles. The molecule has 0 radical (unpaired) electrons. The highest BCUT2D eigenvalue weighted by molar-refractivity contribution is 5.54. The molecule has 0 heterocycles. The highest BCUT2D eigenvalue weighted by atomic mass is 16.3. The molecule has 25 heavy (non-hydrogen) atoms. The van der Waals surface area contributed by atoms with Gasteiger partial charge in [-0.2, -0.15) is 0 Å². The Bertz CT molecular complexity index is 598. The topological polar surface area (TPSA) is 43.7 Å². The summed E-state index contributed by atoms with van der Waals surface area (Å²) in [5.41, 5.74) is 4.13. The van der Waals surface area contributed by atoms with E-state index in [1.54, 1.807) is 0 Å². The van der Waals surface area contributed by atoms with Gasteiger partial charge in [-0.15, -0.1) is 0 Å². The number of phenols is 1. The third-order valence-electron chi connectivity index (χ3n) is 4.90. The second-order valence-electron chi connectivity index (χ2n) is 10.2. The third-order valence-corrected chi connectivity index (χ3v) is 4.90. The maximum Gasteiger partial charge on any atom is 0.123 e. The molecule has 0 amide bonds. The van der Waals surface area contributed by atoms with Crippen molar-refractivity contribution in [3.05, 3.63) is 28.3 Å². The Morgan fingerprint density at radius 1 is 0.920 bits per heavy atom. The van der Waals surface area contributed by atoms with E-state index in [4.69, 9.17) is 0 Å². The van der Waals surface area contributed by atoms with Gasteiger partial charge in [-0.1, -0.05) is 47.6 Å². The molecule has 0 atom stereocenters. The van der Waals surface area contributed by atoms with E-state index in [0.29, 0.717) is 12.3 Å². The Kier molecular flexibility index (Phi) is 6.40. The van der Waals surface area contributed by atoms with Crippen LogP contribution in [-0.4, -0.2) is 33.8 Å². The minimum atomic E-state index is -0.131. The number of nitrogens with zero attached hydrogens (tertiary/aromatic N) is 1. The molecule has 3 heteroatoms. The lowest BCUT2D eigenvalue weighted by Gasteiger charge is -2.37. The van der Waals surface area contributed by atoms with Crippen LogP contribution in [0.15, 0.2) is 6.07 Å². The first-order valence-electron chi connectivity index (χ1n) is 9.33. The van der Waals surface area contributed by atoms with E-state index in [-0.39, 0.29) is 23.0 Å². The van der Waals surface area contributed by atoms with Gasteiger partial charge in [0.05, 0.1) is 6.61 Å². The van der Waals surface area contributed by atoms with Crippen molar-refractivity contribution < 1.29 is 10.2 Å². The van der Waals surface area contributed by atoms with Crippen LogP contribution < -0.4 is 0 Å². The summed E-state index contributed by atoms with van der Waals surface area (Å²) in [6, 6.07) is 2.16. The summed E-state index contributed by atoms with van der Waals surface area (Å²) in [4.78, 5) is 2.30. The average Bonchev–Trinajstić information content (AvgIpc) is 2.36. The van der Waals surface area contributed by atoms with E-state index in [1.165, 1.54) is 5.56 Å². The molecule has 1 rings (SSSR count). The summed E-state index contributed by atoms with van der Waals surface area (Å²) in [5.74, 6) is 0.436. The number of aliphatic hydroxyl groups excluding tert-OH is 1. The number of rotatable bonds is 4. The highest BCUT2D eigenvalue weighted by Crippen LogP contribution is 2.42. The van der Waals surface area contributed by atoms with Crippen molar-refractivity contribution in [1.29, 1.82) is 0 Å². The highest BCUT2D eigenvalue weighted by Gasteiger charge is 2.30. The van der Waals surface area contributed by atoms with E-state index in [0.717, 1.165) is 23.2 Å². The fourth-order valence-electron chi connectivity index (χ4n) is 3.46. The summed E-state index contributed by atoms with van der Waals surface area (Å²) in [5, 5.41) is 20.5. The third kappa shape index (κ3) is 5.21. The number of hydrogen-bond donors (Lipinski definition) is 2. The zero-order chi connectivity index (χ0) is 19.8. The van der Waals surface area contributed by atoms with Crippen molar-refractivity contribution in [2.24, 2.45) is 0 Å². The Labute approximate surface area is 155 Å². The van der Waals surface area contributed by atoms with Crippen molar-refractivity contribution >= 4 is 0 Å². The van der Waals surface area contributed by atoms with Gasteiger partial charge in [-0.25, -0.2) is 0 Å². The van der Waals surface area contributed by atoms with E-state index >= 15 is 0 Å². The molecular formula is C22H39NO2. The molecule has 144 valence electrons. The van der Waals surface area contributed by atoms with Gasteiger partial charge in [-0.3, -0.25) is 4.90 Å². The molecule has 0 aliphatic rings. The van der Waals surface area contributed by atoms with Crippen LogP contribution in [0.5, 0.6) is 5.75 Å². The molecule has 0 unspecified atom stereocenters. The van der Waals surface area contributed by atoms with Gasteiger partial charge in [-0.05, 0) is 55.2 Å². The Hall–Kier alpha value is -1.06. The van der Waals surface area contributed by atoms with Gasteiger partial charge in [0.25, 0.3) is 0 Å². The van der Waals surface area contributed by atoms with Crippen LogP contribution in [0.4, 0.5) is 0 Å².